The summed E-state index contributed by atoms with van der Waals surface area (Å²) in [5, 5.41) is 12.5. The highest BCUT2D eigenvalue weighted by atomic mass is 16.4. The number of nitrogens with zero attached hydrogens (tertiary/aromatic N) is 1. The van der Waals surface area contributed by atoms with E-state index in [0.717, 1.165) is 5.69 Å². The lowest BCUT2D eigenvalue weighted by atomic mass is 9.90. The van der Waals surface area contributed by atoms with Crippen LogP contribution >= 0.6 is 0 Å². The van der Waals surface area contributed by atoms with Crippen molar-refractivity contribution in [3.05, 3.63) is 23.4 Å². The molecule has 0 amide bonds. The quantitative estimate of drug-likeness (QED) is 0.874. The van der Waals surface area contributed by atoms with E-state index in [4.69, 9.17) is 0 Å². The Kier molecular flexibility index (Phi) is 3.52. The first-order valence-electron chi connectivity index (χ1n) is 6.80. The first-order valence-corrected chi connectivity index (χ1v) is 6.80. The second kappa shape index (κ2) is 4.83. The zero-order valence-electron chi connectivity index (χ0n) is 12.0. The van der Waals surface area contributed by atoms with Gasteiger partial charge in [0, 0.05) is 17.2 Å². The molecule has 1 unspecified atom stereocenters. The summed E-state index contributed by atoms with van der Waals surface area (Å²) in [5.74, 6) is 0.465. The number of carboxylic acid groups (broad SMARTS) is 1. The Labute approximate surface area is 114 Å². The molecule has 0 aromatic carbocycles. The van der Waals surface area contributed by atoms with Crippen LogP contribution in [-0.2, 0) is 5.41 Å². The number of aromatic nitrogens is 1. The molecule has 1 aromatic heterocycles. The van der Waals surface area contributed by atoms with Gasteiger partial charge in [-0.3, -0.25) is 0 Å². The lowest BCUT2D eigenvalue weighted by Crippen LogP contribution is -2.21. The van der Waals surface area contributed by atoms with Gasteiger partial charge in [0.2, 0.25) is 0 Å². The van der Waals surface area contributed by atoms with E-state index in [2.05, 4.69) is 17.2 Å². The van der Waals surface area contributed by atoms with Crippen LogP contribution < -0.4 is 5.32 Å². The molecule has 1 atom stereocenters. The number of carbonyl (C=O) groups is 1. The van der Waals surface area contributed by atoms with Crippen molar-refractivity contribution >= 4 is 11.8 Å². The fraction of sp³-hybridized carbons (Fsp3) is 0.600. The lowest BCUT2D eigenvalue weighted by molar-refractivity contribution is 0.0696. The zero-order chi connectivity index (χ0) is 14.2. The maximum absolute atomic E-state index is 11.2. The molecule has 1 aliphatic carbocycles. The van der Waals surface area contributed by atoms with E-state index < -0.39 is 5.97 Å². The Hall–Kier alpha value is -1.58. The van der Waals surface area contributed by atoms with Crippen molar-refractivity contribution in [2.24, 2.45) is 5.92 Å². The van der Waals surface area contributed by atoms with Crippen LogP contribution in [0.5, 0.6) is 0 Å². The highest BCUT2D eigenvalue weighted by Crippen LogP contribution is 2.34. The number of hydrogen-bond acceptors (Lipinski definition) is 3. The van der Waals surface area contributed by atoms with Gasteiger partial charge in [-0.15, -0.1) is 0 Å². The fourth-order valence-corrected chi connectivity index (χ4v) is 2.06. The summed E-state index contributed by atoms with van der Waals surface area (Å²) in [5.41, 5.74) is 0.938. The number of pyridine rings is 1. The van der Waals surface area contributed by atoms with Crippen molar-refractivity contribution in [1.82, 2.24) is 4.98 Å². The summed E-state index contributed by atoms with van der Waals surface area (Å²) in [6, 6.07) is 3.63. The Balaban J connectivity index is 2.30. The van der Waals surface area contributed by atoms with Crippen LogP contribution in [0.15, 0.2) is 12.1 Å². The maximum Gasteiger partial charge on any atom is 0.335 e. The van der Waals surface area contributed by atoms with Gasteiger partial charge in [-0.25, -0.2) is 9.78 Å². The van der Waals surface area contributed by atoms with Crippen LogP contribution in [0.4, 0.5) is 5.82 Å². The lowest BCUT2D eigenvalue weighted by Gasteiger charge is -2.21. The number of aromatic carboxylic acids is 1. The molecule has 1 saturated carbocycles. The molecule has 0 radical (unpaired) electrons. The van der Waals surface area contributed by atoms with Crippen molar-refractivity contribution < 1.29 is 9.90 Å². The van der Waals surface area contributed by atoms with Crippen molar-refractivity contribution in [3.8, 4) is 0 Å². The van der Waals surface area contributed by atoms with Crippen LogP contribution in [0.1, 0.15) is 56.6 Å². The van der Waals surface area contributed by atoms with Crippen LogP contribution in [0.25, 0.3) is 0 Å². The molecule has 19 heavy (non-hydrogen) atoms. The van der Waals surface area contributed by atoms with E-state index >= 15 is 0 Å². The van der Waals surface area contributed by atoms with E-state index in [0.29, 0.717) is 23.3 Å². The molecule has 1 aliphatic rings. The topological polar surface area (TPSA) is 62.2 Å². The van der Waals surface area contributed by atoms with Gasteiger partial charge in [-0.05, 0) is 37.8 Å². The highest BCUT2D eigenvalue weighted by molar-refractivity contribution is 5.88. The summed E-state index contributed by atoms with van der Waals surface area (Å²) >= 11 is 0. The molecule has 0 bridgehead atoms. The molecule has 1 fully saturated rings. The average molecular weight is 262 g/mol. The van der Waals surface area contributed by atoms with E-state index in [1.54, 1.807) is 12.1 Å². The van der Waals surface area contributed by atoms with Crippen molar-refractivity contribution in [2.75, 3.05) is 5.32 Å². The Morgan fingerprint density at radius 2 is 2.05 bits per heavy atom. The number of carboxylic acids is 1. The summed E-state index contributed by atoms with van der Waals surface area (Å²) in [6.07, 6.45) is 2.50. The highest BCUT2D eigenvalue weighted by Gasteiger charge is 2.28. The van der Waals surface area contributed by atoms with Crippen molar-refractivity contribution in [1.29, 1.82) is 0 Å². The van der Waals surface area contributed by atoms with Crippen molar-refractivity contribution in [2.45, 2.75) is 52.0 Å². The summed E-state index contributed by atoms with van der Waals surface area (Å²) in [4.78, 5) is 15.8. The Morgan fingerprint density at radius 1 is 1.42 bits per heavy atom. The molecule has 0 saturated heterocycles. The minimum absolute atomic E-state index is 0.162. The standard InChI is InChI=1S/C15H22N2O2/c1-9(10-5-6-10)16-13-8-11(14(18)19)7-12(17-13)15(2,3)4/h7-10H,5-6H2,1-4H3,(H,16,17)(H,18,19). The minimum Gasteiger partial charge on any atom is -0.478 e. The third-order valence-corrected chi connectivity index (χ3v) is 3.55. The Bertz CT molecular complexity index is 487. The van der Waals surface area contributed by atoms with Gasteiger partial charge in [-0.1, -0.05) is 20.8 Å². The first kappa shape index (κ1) is 13.8. The normalized spacial score (nSPS) is 17.1. The summed E-state index contributed by atoms with van der Waals surface area (Å²) < 4.78 is 0. The third kappa shape index (κ3) is 3.46. The minimum atomic E-state index is -0.907. The maximum atomic E-state index is 11.2. The molecular weight excluding hydrogens is 240 g/mol. The largest absolute Gasteiger partial charge is 0.478 e. The van der Waals surface area contributed by atoms with Gasteiger partial charge in [0.1, 0.15) is 5.82 Å². The van der Waals surface area contributed by atoms with Gasteiger partial charge < -0.3 is 10.4 Å². The van der Waals surface area contributed by atoms with Gasteiger partial charge in [0.15, 0.2) is 0 Å². The Morgan fingerprint density at radius 3 is 2.53 bits per heavy atom. The van der Waals surface area contributed by atoms with Crippen LogP contribution in [0.2, 0.25) is 0 Å². The zero-order valence-corrected chi connectivity index (χ0v) is 12.0. The second-order valence-electron chi connectivity index (χ2n) is 6.45. The number of hydrogen-bond donors (Lipinski definition) is 2. The SMILES string of the molecule is CC(Nc1cc(C(=O)O)cc(C(C)(C)C)n1)C1CC1. The molecule has 1 heterocycles. The van der Waals surface area contributed by atoms with Gasteiger partial charge >= 0.3 is 5.97 Å². The molecule has 2 rings (SSSR count). The van der Waals surface area contributed by atoms with Crippen LogP contribution in [0, 0.1) is 5.92 Å². The second-order valence-corrected chi connectivity index (χ2v) is 6.45. The number of anilines is 1. The molecule has 0 aliphatic heterocycles. The van der Waals surface area contributed by atoms with Gasteiger partial charge in [-0.2, -0.15) is 0 Å². The van der Waals surface area contributed by atoms with Gasteiger partial charge in [0.05, 0.1) is 5.56 Å². The molecular formula is C15H22N2O2. The van der Waals surface area contributed by atoms with E-state index in [-0.39, 0.29) is 5.41 Å². The predicted molar refractivity (Wildman–Crippen MR) is 75.7 cm³/mol. The smallest absolute Gasteiger partial charge is 0.335 e. The van der Waals surface area contributed by atoms with E-state index in [9.17, 15) is 9.90 Å². The summed E-state index contributed by atoms with van der Waals surface area (Å²) in [6.45, 7) is 8.24. The van der Waals surface area contributed by atoms with E-state index in [1.165, 1.54) is 12.8 Å². The van der Waals surface area contributed by atoms with Crippen LogP contribution in [0.3, 0.4) is 0 Å². The fourth-order valence-electron chi connectivity index (χ4n) is 2.06. The molecule has 104 valence electrons. The predicted octanol–water partition coefficient (Wildman–Crippen LogP) is 3.29. The number of nitrogens with one attached hydrogen (secondary N) is 1. The molecule has 2 N–H and O–H groups in total. The first-order chi connectivity index (χ1) is 8.77. The monoisotopic (exact) mass is 262 g/mol. The summed E-state index contributed by atoms with van der Waals surface area (Å²) in [7, 11) is 0. The van der Waals surface area contributed by atoms with E-state index in [1.807, 2.05) is 20.8 Å². The van der Waals surface area contributed by atoms with Crippen molar-refractivity contribution in [3.63, 3.8) is 0 Å². The van der Waals surface area contributed by atoms with Crippen LogP contribution in [-0.4, -0.2) is 22.1 Å². The average Bonchev–Trinajstić information content (AvgIpc) is 3.10. The molecule has 4 nitrogen and oxygen atoms in total. The van der Waals surface area contributed by atoms with Gasteiger partial charge in [0.25, 0.3) is 0 Å². The molecule has 0 spiro atoms. The third-order valence-electron chi connectivity index (χ3n) is 3.55. The molecule has 4 heteroatoms. The molecule has 1 aromatic rings. The number of rotatable bonds is 4.